The van der Waals surface area contributed by atoms with Crippen LogP contribution in [-0.4, -0.2) is 29.7 Å². The van der Waals surface area contributed by atoms with Gasteiger partial charge in [-0.05, 0) is 23.6 Å². The number of hydrogen-bond acceptors (Lipinski definition) is 4. The van der Waals surface area contributed by atoms with Gasteiger partial charge >= 0.3 is 0 Å². The Labute approximate surface area is 136 Å². The first-order valence-electron chi connectivity index (χ1n) is 7.57. The molecule has 0 saturated carbocycles. The standard InChI is InChI=1S/C17H20ClN3O/c1-12(2)15-9-17(20-11-19-15)21-7-8-22-16(10-21)13-3-5-14(18)6-4-13/h3-6,9,11-12,16H,7-8,10H2,1-2H3/t16-/m1/s1. The molecule has 0 radical (unpaired) electrons. The van der Waals surface area contributed by atoms with E-state index in [1.807, 2.05) is 24.3 Å². The van der Waals surface area contributed by atoms with E-state index in [1.165, 1.54) is 0 Å². The number of benzene rings is 1. The molecule has 1 fully saturated rings. The quantitative estimate of drug-likeness (QED) is 0.862. The van der Waals surface area contributed by atoms with Gasteiger partial charge < -0.3 is 9.64 Å². The van der Waals surface area contributed by atoms with Crippen LogP contribution in [0.2, 0.25) is 5.02 Å². The molecule has 1 saturated heterocycles. The van der Waals surface area contributed by atoms with E-state index in [4.69, 9.17) is 16.3 Å². The number of aromatic nitrogens is 2. The molecular weight excluding hydrogens is 298 g/mol. The van der Waals surface area contributed by atoms with Gasteiger partial charge in [-0.1, -0.05) is 37.6 Å². The van der Waals surface area contributed by atoms with Crippen molar-refractivity contribution in [2.45, 2.75) is 25.9 Å². The average molecular weight is 318 g/mol. The third-order valence-electron chi connectivity index (χ3n) is 3.90. The van der Waals surface area contributed by atoms with Gasteiger partial charge in [0.1, 0.15) is 18.2 Å². The lowest BCUT2D eigenvalue weighted by Crippen LogP contribution is -2.39. The number of anilines is 1. The summed E-state index contributed by atoms with van der Waals surface area (Å²) in [6, 6.07) is 9.93. The monoisotopic (exact) mass is 317 g/mol. The predicted octanol–water partition coefficient (Wildman–Crippen LogP) is 3.83. The number of halogens is 1. The van der Waals surface area contributed by atoms with Crippen LogP contribution in [0.25, 0.3) is 0 Å². The van der Waals surface area contributed by atoms with Crippen molar-refractivity contribution in [3.05, 3.63) is 52.9 Å². The van der Waals surface area contributed by atoms with Crippen molar-refractivity contribution >= 4 is 17.4 Å². The van der Waals surface area contributed by atoms with Crippen LogP contribution >= 0.6 is 11.6 Å². The molecule has 4 nitrogen and oxygen atoms in total. The van der Waals surface area contributed by atoms with Crippen molar-refractivity contribution in [2.75, 3.05) is 24.6 Å². The maximum Gasteiger partial charge on any atom is 0.132 e. The van der Waals surface area contributed by atoms with Crippen LogP contribution in [0.5, 0.6) is 0 Å². The molecule has 22 heavy (non-hydrogen) atoms. The number of rotatable bonds is 3. The van der Waals surface area contributed by atoms with E-state index in [0.29, 0.717) is 12.5 Å². The van der Waals surface area contributed by atoms with Crippen molar-refractivity contribution in [2.24, 2.45) is 0 Å². The van der Waals surface area contributed by atoms with Crippen molar-refractivity contribution in [1.82, 2.24) is 9.97 Å². The molecule has 0 bridgehead atoms. The summed E-state index contributed by atoms with van der Waals surface area (Å²) < 4.78 is 5.91. The highest BCUT2D eigenvalue weighted by Gasteiger charge is 2.23. The number of nitrogens with zero attached hydrogens (tertiary/aromatic N) is 3. The highest BCUT2D eigenvalue weighted by Crippen LogP contribution is 2.26. The second kappa shape index (κ2) is 6.63. The van der Waals surface area contributed by atoms with Crippen molar-refractivity contribution in [1.29, 1.82) is 0 Å². The molecule has 5 heteroatoms. The van der Waals surface area contributed by atoms with Crippen LogP contribution in [0, 0.1) is 0 Å². The molecule has 1 aliphatic rings. The Morgan fingerprint density at radius 1 is 1.23 bits per heavy atom. The number of morpholine rings is 1. The summed E-state index contributed by atoms with van der Waals surface area (Å²) >= 11 is 5.95. The average Bonchev–Trinajstić information content (AvgIpc) is 2.56. The number of ether oxygens (including phenoxy) is 1. The van der Waals surface area contributed by atoms with E-state index < -0.39 is 0 Å². The molecule has 2 aromatic rings. The minimum absolute atomic E-state index is 0.0449. The zero-order valence-corrected chi connectivity index (χ0v) is 13.6. The first kappa shape index (κ1) is 15.3. The zero-order chi connectivity index (χ0) is 15.5. The third kappa shape index (κ3) is 3.39. The van der Waals surface area contributed by atoms with Gasteiger partial charge in [0, 0.05) is 29.9 Å². The summed E-state index contributed by atoms with van der Waals surface area (Å²) in [4.78, 5) is 11.0. The van der Waals surface area contributed by atoms with Crippen LogP contribution in [0.4, 0.5) is 5.82 Å². The Kier molecular flexibility index (Phi) is 4.60. The van der Waals surface area contributed by atoms with Gasteiger partial charge in [-0.15, -0.1) is 0 Å². The third-order valence-corrected chi connectivity index (χ3v) is 4.15. The summed E-state index contributed by atoms with van der Waals surface area (Å²) in [5.41, 5.74) is 2.21. The molecule has 0 unspecified atom stereocenters. The van der Waals surface area contributed by atoms with Crippen molar-refractivity contribution in [3.63, 3.8) is 0 Å². The SMILES string of the molecule is CC(C)c1cc(N2CCO[C@@H](c3ccc(Cl)cc3)C2)ncn1. The maximum absolute atomic E-state index is 5.95. The summed E-state index contributed by atoms with van der Waals surface area (Å²) in [5, 5.41) is 0.744. The first-order chi connectivity index (χ1) is 10.6. The largest absolute Gasteiger partial charge is 0.370 e. The summed E-state index contributed by atoms with van der Waals surface area (Å²) in [6.07, 6.45) is 1.70. The normalized spacial score (nSPS) is 18.7. The molecule has 0 amide bonds. The Morgan fingerprint density at radius 2 is 2.00 bits per heavy atom. The van der Waals surface area contributed by atoms with Crippen LogP contribution < -0.4 is 4.90 Å². The van der Waals surface area contributed by atoms with Gasteiger partial charge in [-0.25, -0.2) is 9.97 Å². The van der Waals surface area contributed by atoms with Gasteiger partial charge in [-0.2, -0.15) is 0 Å². The smallest absolute Gasteiger partial charge is 0.132 e. The zero-order valence-electron chi connectivity index (χ0n) is 12.9. The Bertz CT molecular complexity index is 630. The molecular formula is C17H20ClN3O. The minimum atomic E-state index is 0.0449. The van der Waals surface area contributed by atoms with Gasteiger partial charge in [0.15, 0.2) is 0 Å². The highest BCUT2D eigenvalue weighted by atomic mass is 35.5. The van der Waals surface area contributed by atoms with E-state index in [-0.39, 0.29) is 6.10 Å². The second-order valence-electron chi connectivity index (χ2n) is 5.81. The molecule has 1 atom stereocenters. The lowest BCUT2D eigenvalue weighted by Gasteiger charge is -2.34. The fourth-order valence-corrected chi connectivity index (χ4v) is 2.71. The lowest BCUT2D eigenvalue weighted by atomic mass is 10.1. The molecule has 1 aliphatic heterocycles. The predicted molar refractivity (Wildman–Crippen MR) is 88.5 cm³/mol. The second-order valence-corrected chi connectivity index (χ2v) is 6.25. The molecule has 0 N–H and O–H groups in total. The fourth-order valence-electron chi connectivity index (χ4n) is 2.59. The van der Waals surface area contributed by atoms with Crippen molar-refractivity contribution < 1.29 is 4.74 Å². The van der Waals surface area contributed by atoms with Gasteiger partial charge in [0.2, 0.25) is 0 Å². The summed E-state index contributed by atoms with van der Waals surface area (Å²) in [7, 11) is 0. The van der Waals surface area contributed by atoms with E-state index in [0.717, 1.165) is 35.2 Å². The van der Waals surface area contributed by atoms with E-state index in [9.17, 15) is 0 Å². The highest BCUT2D eigenvalue weighted by molar-refractivity contribution is 6.30. The topological polar surface area (TPSA) is 38.2 Å². The van der Waals surface area contributed by atoms with Crippen LogP contribution in [0.3, 0.4) is 0 Å². The Balaban J connectivity index is 1.78. The molecule has 1 aromatic heterocycles. The minimum Gasteiger partial charge on any atom is -0.370 e. The molecule has 2 heterocycles. The van der Waals surface area contributed by atoms with Gasteiger partial charge in [-0.3, -0.25) is 0 Å². The van der Waals surface area contributed by atoms with E-state index in [1.54, 1.807) is 6.33 Å². The molecule has 1 aromatic carbocycles. The molecule has 3 rings (SSSR count). The first-order valence-corrected chi connectivity index (χ1v) is 7.95. The van der Waals surface area contributed by atoms with Crippen LogP contribution in [0.1, 0.15) is 37.1 Å². The summed E-state index contributed by atoms with van der Waals surface area (Å²) in [6.45, 7) is 6.60. The van der Waals surface area contributed by atoms with Crippen LogP contribution in [-0.2, 0) is 4.74 Å². The maximum atomic E-state index is 5.95. The van der Waals surface area contributed by atoms with Crippen LogP contribution in [0.15, 0.2) is 36.7 Å². The van der Waals surface area contributed by atoms with E-state index >= 15 is 0 Å². The molecule has 116 valence electrons. The number of hydrogen-bond donors (Lipinski definition) is 0. The Hall–Kier alpha value is -1.65. The van der Waals surface area contributed by atoms with E-state index in [2.05, 4.69) is 34.8 Å². The molecule has 0 spiro atoms. The fraction of sp³-hybridized carbons (Fsp3) is 0.412. The summed E-state index contributed by atoms with van der Waals surface area (Å²) in [5.74, 6) is 1.37. The van der Waals surface area contributed by atoms with Crippen molar-refractivity contribution in [3.8, 4) is 0 Å². The van der Waals surface area contributed by atoms with Gasteiger partial charge in [0.25, 0.3) is 0 Å². The lowest BCUT2D eigenvalue weighted by molar-refractivity contribution is 0.0395. The van der Waals surface area contributed by atoms with Gasteiger partial charge in [0.05, 0.1) is 6.61 Å². The molecule has 0 aliphatic carbocycles. The Morgan fingerprint density at radius 3 is 2.73 bits per heavy atom.